The summed E-state index contributed by atoms with van der Waals surface area (Å²) in [6.45, 7) is 2.08. The molecule has 1 fully saturated rings. The predicted molar refractivity (Wildman–Crippen MR) is 121 cm³/mol. The lowest BCUT2D eigenvalue weighted by Gasteiger charge is -2.22. The summed E-state index contributed by atoms with van der Waals surface area (Å²) in [6, 6.07) is 13.2. The van der Waals surface area contributed by atoms with Crippen LogP contribution in [0.4, 0.5) is 0 Å². The molecule has 0 spiro atoms. The zero-order chi connectivity index (χ0) is 21.0. The van der Waals surface area contributed by atoms with Crippen LogP contribution in [0.1, 0.15) is 18.1 Å². The number of phenols is 1. The molecule has 1 aliphatic rings. The Kier molecular flexibility index (Phi) is 6.95. The molecule has 1 unspecified atom stereocenters. The topological polar surface area (TPSA) is 69.6 Å². The standard InChI is InChI=1S/C21H19ClN2O3S2/c1-13(19(26)23-11-10-14-4-8-17(25)9-5-14)24-20(27)18(29-21(24)28)12-15-2-6-16(22)7-3-15/h2-9,12-13,25H,10-11H2,1H3,(H,23,26)/b18-12-. The Balaban J connectivity index is 1.60. The van der Waals surface area contributed by atoms with Gasteiger partial charge in [0.2, 0.25) is 5.91 Å². The highest BCUT2D eigenvalue weighted by Crippen LogP contribution is 2.34. The van der Waals surface area contributed by atoms with E-state index in [1.54, 1.807) is 49.4 Å². The minimum Gasteiger partial charge on any atom is -0.508 e. The molecule has 1 atom stereocenters. The molecule has 29 heavy (non-hydrogen) atoms. The lowest BCUT2D eigenvalue weighted by atomic mass is 10.1. The van der Waals surface area contributed by atoms with Crippen molar-refractivity contribution in [3.05, 3.63) is 69.6 Å². The van der Waals surface area contributed by atoms with Gasteiger partial charge < -0.3 is 10.4 Å². The molecule has 2 amide bonds. The fourth-order valence-electron chi connectivity index (χ4n) is 2.78. The number of amides is 2. The van der Waals surface area contributed by atoms with Gasteiger partial charge in [-0.1, -0.05) is 59.8 Å². The van der Waals surface area contributed by atoms with Gasteiger partial charge in [0.15, 0.2) is 0 Å². The second-order valence-corrected chi connectivity index (χ2v) is 8.60. The van der Waals surface area contributed by atoms with Gasteiger partial charge in [0.1, 0.15) is 16.1 Å². The number of carbonyl (C=O) groups excluding carboxylic acids is 2. The lowest BCUT2D eigenvalue weighted by molar-refractivity contribution is -0.132. The molecule has 8 heteroatoms. The summed E-state index contributed by atoms with van der Waals surface area (Å²) in [5.41, 5.74) is 1.83. The summed E-state index contributed by atoms with van der Waals surface area (Å²) < 4.78 is 0.358. The van der Waals surface area contributed by atoms with E-state index in [0.29, 0.717) is 27.2 Å². The summed E-state index contributed by atoms with van der Waals surface area (Å²) >= 11 is 12.4. The van der Waals surface area contributed by atoms with E-state index in [0.717, 1.165) is 11.1 Å². The molecule has 0 aromatic heterocycles. The number of thioether (sulfide) groups is 1. The molecule has 0 saturated carbocycles. The number of phenolic OH excluding ortho intramolecular Hbond substituents is 1. The van der Waals surface area contributed by atoms with Gasteiger partial charge in [-0.05, 0) is 54.8 Å². The van der Waals surface area contributed by atoms with Crippen LogP contribution in [0.3, 0.4) is 0 Å². The first kappa shape index (κ1) is 21.4. The summed E-state index contributed by atoms with van der Waals surface area (Å²) in [4.78, 5) is 27.1. The van der Waals surface area contributed by atoms with E-state index in [1.165, 1.54) is 16.7 Å². The maximum absolute atomic E-state index is 12.8. The van der Waals surface area contributed by atoms with E-state index in [-0.39, 0.29) is 17.6 Å². The van der Waals surface area contributed by atoms with E-state index in [2.05, 4.69) is 5.32 Å². The number of benzene rings is 2. The van der Waals surface area contributed by atoms with Crippen molar-refractivity contribution in [1.29, 1.82) is 0 Å². The fourth-order valence-corrected chi connectivity index (χ4v) is 4.33. The Morgan fingerprint density at radius 2 is 1.90 bits per heavy atom. The number of hydrogen-bond acceptors (Lipinski definition) is 5. The highest BCUT2D eigenvalue weighted by atomic mass is 35.5. The van der Waals surface area contributed by atoms with Gasteiger partial charge in [0.05, 0.1) is 4.91 Å². The molecule has 0 aliphatic carbocycles. The Morgan fingerprint density at radius 3 is 2.55 bits per heavy atom. The maximum Gasteiger partial charge on any atom is 0.266 e. The van der Waals surface area contributed by atoms with Crippen molar-refractivity contribution in [2.75, 3.05) is 6.54 Å². The third kappa shape index (κ3) is 5.38. The Bertz CT molecular complexity index is 959. The van der Waals surface area contributed by atoms with Gasteiger partial charge in [0, 0.05) is 11.6 Å². The molecule has 1 heterocycles. The number of nitrogens with one attached hydrogen (secondary N) is 1. The Labute approximate surface area is 183 Å². The number of carbonyl (C=O) groups is 2. The van der Waals surface area contributed by atoms with E-state index < -0.39 is 6.04 Å². The van der Waals surface area contributed by atoms with Crippen LogP contribution >= 0.6 is 35.6 Å². The summed E-state index contributed by atoms with van der Waals surface area (Å²) in [6.07, 6.45) is 2.36. The first-order chi connectivity index (χ1) is 13.8. The van der Waals surface area contributed by atoms with Crippen LogP contribution in [-0.2, 0) is 16.0 Å². The third-order valence-electron chi connectivity index (χ3n) is 4.41. The van der Waals surface area contributed by atoms with Gasteiger partial charge in [-0.25, -0.2) is 0 Å². The molecule has 5 nitrogen and oxygen atoms in total. The third-order valence-corrected chi connectivity index (χ3v) is 5.99. The molecule has 2 N–H and O–H groups in total. The van der Waals surface area contributed by atoms with Gasteiger partial charge >= 0.3 is 0 Å². The molecular weight excluding hydrogens is 428 g/mol. The average molecular weight is 447 g/mol. The monoisotopic (exact) mass is 446 g/mol. The Hall–Kier alpha value is -2.35. The molecule has 2 aromatic carbocycles. The normalized spacial score (nSPS) is 16.3. The quantitative estimate of drug-likeness (QED) is 0.518. The molecule has 1 aliphatic heterocycles. The largest absolute Gasteiger partial charge is 0.508 e. The van der Waals surface area contributed by atoms with Gasteiger partial charge in [-0.2, -0.15) is 0 Å². The van der Waals surface area contributed by atoms with E-state index in [9.17, 15) is 14.7 Å². The summed E-state index contributed by atoms with van der Waals surface area (Å²) in [5, 5.41) is 12.8. The number of nitrogens with zero attached hydrogens (tertiary/aromatic N) is 1. The zero-order valence-electron chi connectivity index (χ0n) is 15.6. The van der Waals surface area contributed by atoms with Crippen molar-refractivity contribution in [3.63, 3.8) is 0 Å². The number of halogens is 1. The lowest BCUT2D eigenvalue weighted by Crippen LogP contribution is -2.47. The van der Waals surface area contributed by atoms with Crippen molar-refractivity contribution < 1.29 is 14.7 Å². The van der Waals surface area contributed by atoms with Crippen molar-refractivity contribution in [2.45, 2.75) is 19.4 Å². The van der Waals surface area contributed by atoms with Crippen LogP contribution in [0.2, 0.25) is 5.02 Å². The van der Waals surface area contributed by atoms with Crippen molar-refractivity contribution in [3.8, 4) is 5.75 Å². The van der Waals surface area contributed by atoms with Crippen LogP contribution in [0.5, 0.6) is 5.75 Å². The van der Waals surface area contributed by atoms with E-state index in [4.69, 9.17) is 23.8 Å². The molecule has 150 valence electrons. The first-order valence-corrected chi connectivity index (χ1v) is 10.5. The number of thiocarbonyl (C=S) groups is 1. The van der Waals surface area contributed by atoms with E-state index >= 15 is 0 Å². The minimum absolute atomic E-state index is 0.201. The smallest absolute Gasteiger partial charge is 0.266 e. The second kappa shape index (κ2) is 9.43. The number of aromatic hydroxyl groups is 1. The Morgan fingerprint density at radius 1 is 1.24 bits per heavy atom. The SMILES string of the molecule is CC(C(=O)NCCc1ccc(O)cc1)N1C(=O)/C(=C/c2ccc(Cl)cc2)SC1=S. The van der Waals surface area contributed by atoms with E-state index in [1.807, 2.05) is 12.1 Å². The number of hydrogen-bond donors (Lipinski definition) is 2. The van der Waals surface area contributed by atoms with Crippen LogP contribution in [0.25, 0.3) is 6.08 Å². The molecule has 1 saturated heterocycles. The van der Waals surface area contributed by atoms with Crippen LogP contribution < -0.4 is 5.32 Å². The minimum atomic E-state index is -0.710. The van der Waals surface area contributed by atoms with Crippen molar-refractivity contribution >= 4 is 57.8 Å². The van der Waals surface area contributed by atoms with Gasteiger partial charge in [0.25, 0.3) is 5.91 Å². The predicted octanol–water partition coefficient (Wildman–Crippen LogP) is 3.99. The summed E-state index contributed by atoms with van der Waals surface area (Å²) in [7, 11) is 0. The average Bonchev–Trinajstić information content (AvgIpc) is 2.97. The molecular formula is C21H19ClN2O3S2. The maximum atomic E-state index is 12.8. The summed E-state index contributed by atoms with van der Waals surface area (Å²) in [5.74, 6) is -0.351. The zero-order valence-corrected chi connectivity index (χ0v) is 18.0. The number of rotatable bonds is 6. The van der Waals surface area contributed by atoms with Gasteiger partial charge in [-0.15, -0.1) is 0 Å². The first-order valence-electron chi connectivity index (χ1n) is 8.93. The van der Waals surface area contributed by atoms with Crippen LogP contribution in [-0.4, -0.2) is 38.7 Å². The molecule has 0 bridgehead atoms. The molecule has 0 radical (unpaired) electrons. The molecule has 2 aromatic rings. The van der Waals surface area contributed by atoms with Crippen LogP contribution in [0, 0.1) is 0 Å². The fraction of sp³-hybridized carbons (Fsp3) is 0.190. The highest BCUT2D eigenvalue weighted by Gasteiger charge is 2.38. The van der Waals surface area contributed by atoms with Crippen molar-refractivity contribution in [1.82, 2.24) is 10.2 Å². The van der Waals surface area contributed by atoms with Crippen molar-refractivity contribution in [2.24, 2.45) is 0 Å². The highest BCUT2D eigenvalue weighted by molar-refractivity contribution is 8.26. The van der Waals surface area contributed by atoms with Crippen LogP contribution in [0.15, 0.2) is 53.4 Å². The van der Waals surface area contributed by atoms with Gasteiger partial charge in [-0.3, -0.25) is 14.5 Å². The molecule has 3 rings (SSSR count). The second-order valence-electron chi connectivity index (χ2n) is 6.49.